The van der Waals surface area contributed by atoms with E-state index in [9.17, 15) is 4.79 Å². The summed E-state index contributed by atoms with van der Waals surface area (Å²) in [5, 5.41) is 21.4. The molecule has 6 heteroatoms. The molecule has 0 radical (unpaired) electrons. The van der Waals surface area contributed by atoms with Crippen LogP contribution in [0.4, 0.5) is 5.82 Å². The Morgan fingerprint density at radius 2 is 2.35 bits per heavy atom. The van der Waals surface area contributed by atoms with E-state index in [2.05, 4.69) is 15.5 Å². The van der Waals surface area contributed by atoms with Crippen LogP contribution in [-0.4, -0.2) is 21.3 Å². The Morgan fingerprint density at radius 3 is 3.00 bits per heavy atom. The number of carboxylic acid groups (broad SMARTS) is 1. The van der Waals surface area contributed by atoms with Crippen LogP contribution in [0.15, 0.2) is 23.7 Å². The normalized spacial score (nSPS) is 10.2. The van der Waals surface area contributed by atoms with E-state index in [-0.39, 0.29) is 5.56 Å². The molecule has 0 aliphatic rings. The molecule has 5 nitrogen and oxygen atoms in total. The van der Waals surface area contributed by atoms with Crippen molar-refractivity contribution in [1.29, 1.82) is 0 Å². The van der Waals surface area contributed by atoms with Gasteiger partial charge in [0.25, 0.3) is 0 Å². The molecule has 0 unspecified atom stereocenters. The number of hydrogen-bond donors (Lipinski definition) is 2. The molecule has 0 aliphatic carbocycles. The first kappa shape index (κ1) is 11.5. The number of aryl methyl sites for hydroxylation is 1. The van der Waals surface area contributed by atoms with Crippen LogP contribution >= 0.6 is 11.3 Å². The Balaban J connectivity index is 2.14. The molecule has 17 heavy (non-hydrogen) atoms. The summed E-state index contributed by atoms with van der Waals surface area (Å²) in [6.07, 6.45) is 1.37. The van der Waals surface area contributed by atoms with Crippen LogP contribution in [0.1, 0.15) is 20.8 Å². The zero-order valence-corrected chi connectivity index (χ0v) is 9.99. The molecule has 0 saturated carbocycles. The molecule has 2 heterocycles. The lowest BCUT2D eigenvalue weighted by molar-refractivity contribution is 0.0697. The third-order valence-electron chi connectivity index (χ3n) is 2.34. The van der Waals surface area contributed by atoms with Crippen molar-refractivity contribution in [2.24, 2.45) is 0 Å². The number of aromatic nitrogens is 2. The first-order chi connectivity index (χ1) is 8.18. The van der Waals surface area contributed by atoms with Gasteiger partial charge in [-0.1, -0.05) is 0 Å². The van der Waals surface area contributed by atoms with Gasteiger partial charge in [-0.2, -0.15) is 5.10 Å². The standard InChI is InChI=1S/C11H11N3O2S/c1-7-3-5-17-9(7)6-12-10-8(11(15)16)2-4-13-14-10/h2-5H,6H2,1H3,(H,12,14)(H,15,16). The lowest BCUT2D eigenvalue weighted by Gasteiger charge is -2.06. The summed E-state index contributed by atoms with van der Waals surface area (Å²) in [5.74, 6) is -0.710. The molecule has 0 saturated heterocycles. The van der Waals surface area contributed by atoms with Crippen LogP contribution < -0.4 is 5.32 Å². The number of carbonyl (C=O) groups is 1. The molecule has 0 bridgehead atoms. The Hall–Kier alpha value is -1.95. The molecular formula is C11H11N3O2S. The van der Waals surface area contributed by atoms with Gasteiger partial charge in [-0.25, -0.2) is 4.79 Å². The van der Waals surface area contributed by atoms with Crippen molar-refractivity contribution in [1.82, 2.24) is 10.2 Å². The Labute approximate surface area is 102 Å². The molecule has 0 atom stereocenters. The highest BCUT2D eigenvalue weighted by Crippen LogP contribution is 2.18. The average Bonchev–Trinajstić information content (AvgIpc) is 2.72. The second-order valence-electron chi connectivity index (χ2n) is 3.48. The number of hydrogen-bond acceptors (Lipinski definition) is 5. The van der Waals surface area contributed by atoms with E-state index in [0.29, 0.717) is 12.4 Å². The lowest BCUT2D eigenvalue weighted by atomic mass is 10.2. The molecule has 0 spiro atoms. The predicted molar refractivity (Wildman–Crippen MR) is 65.4 cm³/mol. The molecule has 2 aromatic heterocycles. The fourth-order valence-electron chi connectivity index (χ4n) is 1.38. The number of nitrogens with zero attached hydrogens (tertiary/aromatic N) is 2. The van der Waals surface area contributed by atoms with Gasteiger partial charge in [-0.05, 0) is 30.0 Å². The van der Waals surface area contributed by atoms with Gasteiger partial charge < -0.3 is 10.4 Å². The molecule has 88 valence electrons. The van der Waals surface area contributed by atoms with Crippen LogP contribution in [0.3, 0.4) is 0 Å². The second kappa shape index (κ2) is 4.92. The minimum absolute atomic E-state index is 0.134. The maximum absolute atomic E-state index is 10.9. The van der Waals surface area contributed by atoms with Crippen LogP contribution in [0.5, 0.6) is 0 Å². The highest BCUT2D eigenvalue weighted by Gasteiger charge is 2.11. The summed E-state index contributed by atoms with van der Waals surface area (Å²) in [6, 6.07) is 3.45. The molecule has 0 fully saturated rings. The summed E-state index contributed by atoms with van der Waals surface area (Å²) in [4.78, 5) is 12.1. The van der Waals surface area contributed by atoms with Crippen molar-refractivity contribution in [3.8, 4) is 0 Å². The molecule has 0 amide bonds. The Morgan fingerprint density at radius 1 is 1.53 bits per heavy atom. The van der Waals surface area contributed by atoms with E-state index < -0.39 is 5.97 Å². The van der Waals surface area contributed by atoms with Crippen molar-refractivity contribution in [2.75, 3.05) is 5.32 Å². The third-order valence-corrected chi connectivity index (χ3v) is 3.36. The maximum Gasteiger partial charge on any atom is 0.339 e. The zero-order chi connectivity index (χ0) is 12.3. The van der Waals surface area contributed by atoms with Gasteiger partial charge >= 0.3 is 5.97 Å². The Bertz CT molecular complexity index is 539. The number of aromatic carboxylic acids is 1. The smallest absolute Gasteiger partial charge is 0.339 e. The predicted octanol–water partition coefficient (Wildman–Crippen LogP) is 2.16. The summed E-state index contributed by atoms with van der Waals surface area (Å²) >= 11 is 1.62. The second-order valence-corrected chi connectivity index (χ2v) is 4.48. The quantitative estimate of drug-likeness (QED) is 0.868. The largest absolute Gasteiger partial charge is 0.478 e. The van der Waals surface area contributed by atoms with Crippen LogP contribution in [0.2, 0.25) is 0 Å². The van der Waals surface area contributed by atoms with E-state index in [1.807, 2.05) is 18.4 Å². The highest BCUT2D eigenvalue weighted by atomic mass is 32.1. The van der Waals surface area contributed by atoms with Crippen molar-refractivity contribution in [2.45, 2.75) is 13.5 Å². The van der Waals surface area contributed by atoms with E-state index in [1.54, 1.807) is 11.3 Å². The third kappa shape index (κ3) is 2.59. The highest BCUT2D eigenvalue weighted by molar-refractivity contribution is 7.10. The minimum Gasteiger partial charge on any atom is -0.478 e. The first-order valence-corrected chi connectivity index (χ1v) is 5.88. The van der Waals surface area contributed by atoms with E-state index in [0.717, 1.165) is 4.88 Å². The monoisotopic (exact) mass is 249 g/mol. The summed E-state index contributed by atoms with van der Waals surface area (Å²) in [5.41, 5.74) is 1.32. The van der Waals surface area contributed by atoms with Crippen LogP contribution in [-0.2, 0) is 6.54 Å². The van der Waals surface area contributed by atoms with Gasteiger partial charge in [0, 0.05) is 4.88 Å². The maximum atomic E-state index is 10.9. The van der Waals surface area contributed by atoms with E-state index in [4.69, 9.17) is 5.11 Å². The number of carboxylic acids is 1. The molecule has 2 N–H and O–H groups in total. The minimum atomic E-state index is -1.01. The molecule has 2 aromatic rings. The van der Waals surface area contributed by atoms with Gasteiger partial charge in [-0.15, -0.1) is 16.4 Å². The topological polar surface area (TPSA) is 75.1 Å². The van der Waals surface area contributed by atoms with E-state index in [1.165, 1.54) is 17.8 Å². The van der Waals surface area contributed by atoms with Gasteiger partial charge in [-0.3, -0.25) is 0 Å². The van der Waals surface area contributed by atoms with Gasteiger partial charge in [0.15, 0.2) is 5.82 Å². The van der Waals surface area contributed by atoms with Gasteiger partial charge in [0.1, 0.15) is 5.56 Å². The fraction of sp³-hybridized carbons (Fsp3) is 0.182. The first-order valence-electron chi connectivity index (χ1n) is 5.00. The fourth-order valence-corrected chi connectivity index (χ4v) is 2.23. The number of rotatable bonds is 4. The van der Waals surface area contributed by atoms with Crippen molar-refractivity contribution >= 4 is 23.1 Å². The molecule has 0 aromatic carbocycles. The average molecular weight is 249 g/mol. The van der Waals surface area contributed by atoms with Gasteiger partial charge in [0.05, 0.1) is 12.7 Å². The van der Waals surface area contributed by atoms with Crippen molar-refractivity contribution in [3.63, 3.8) is 0 Å². The molecule has 2 rings (SSSR count). The van der Waals surface area contributed by atoms with E-state index >= 15 is 0 Å². The summed E-state index contributed by atoms with van der Waals surface area (Å²) < 4.78 is 0. The van der Waals surface area contributed by atoms with Crippen LogP contribution in [0, 0.1) is 6.92 Å². The molecule has 0 aliphatic heterocycles. The zero-order valence-electron chi connectivity index (χ0n) is 9.17. The number of anilines is 1. The van der Waals surface area contributed by atoms with Gasteiger partial charge in [0.2, 0.25) is 0 Å². The van der Waals surface area contributed by atoms with Crippen molar-refractivity contribution in [3.05, 3.63) is 39.7 Å². The summed E-state index contributed by atoms with van der Waals surface area (Å²) in [6.45, 7) is 2.57. The van der Waals surface area contributed by atoms with Crippen LogP contribution in [0.25, 0.3) is 0 Å². The Kier molecular flexibility index (Phi) is 3.34. The number of thiophene rings is 1. The molecular weight excluding hydrogens is 238 g/mol. The number of nitrogens with one attached hydrogen (secondary N) is 1. The van der Waals surface area contributed by atoms with Crippen molar-refractivity contribution < 1.29 is 9.90 Å². The SMILES string of the molecule is Cc1ccsc1CNc1nnccc1C(=O)O. The lowest BCUT2D eigenvalue weighted by Crippen LogP contribution is -2.08. The summed E-state index contributed by atoms with van der Waals surface area (Å²) in [7, 11) is 0.